The third kappa shape index (κ3) is 5.78. The SMILES string of the molecule is CC.COCCn1cncn1.O=c1[nH]nc2c3c(cc(F)cc13)NC(c1ccc(F)cc1)C2. The van der Waals surface area contributed by atoms with Gasteiger partial charge in [-0.15, -0.1) is 0 Å². The number of hydrogen-bond donors (Lipinski definition) is 2. The van der Waals surface area contributed by atoms with Crippen LogP contribution in [-0.4, -0.2) is 38.7 Å². The number of aromatic nitrogens is 5. The molecule has 0 saturated heterocycles. The molecule has 0 amide bonds. The maximum atomic E-state index is 13.7. The van der Waals surface area contributed by atoms with Gasteiger partial charge in [0.1, 0.15) is 24.3 Å². The Morgan fingerprint density at radius 3 is 2.58 bits per heavy atom. The van der Waals surface area contributed by atoms with Gasteiger partial charge in [-0.25, -0.2) is 18.9 Å². The lowest BCUT2D eigenvalue weighted by atomic mass is 9.94. The van der Waals surface area contributed by atoms with E-state index in [-0.39, 0.29) is 17.2 Å². The summed E-state index contributed by atoms with van der Waals surface area (Å²) in [5.74, 6) is -0.798. The first-order valence-corrected chi connectivity index (χ1v) is 10.6. The van der Waals surface area contributed by atoms with Gasteiger partial charge in [0.25, 0.3) is 5.56 Å². The second kappa shape index (κ2) is 11.3. The molecule has 10 heteroatoms. The van der Waals surface area contributed by atoms with Crippen molar-refractivity contribution in [3.8, 4) is 0 Å². The molecule has 5 rings (SSSR count). The lowest BCUT2D eigenvalue weighted by Gasteiger charge is -2.26. The van der Waals surface area contributed by atoms with Crippen LogP contribution in [0.4, 0.5) is 14.5 Å². The summed E-state index contributed by atoms with van der Waals surface area (Å²) in [5.41, 5.74) is 1.68. The predicted octanol–water partition coefficient (Wildman–Crippen LogP) is 3.86. The van der Waals surface area contributed by atoms with Crippen molar-refractivity contribution in [1.82, 2.24) is 25.0 Å². The van der Waals surface area contributed by atoms with E-state index in [1.807, 2.05) is 13.8 Å². The number of H-pyrrole nitrogens is 1. The summed E-state index contributed by atoms with van der Waals surface area (Å²) < 4.78 is 33.3. The molecule has 2 aromatic heterocycles. The lowest BCUT2D eigenvalue weighted by Crippen LogP contribution is -2.23. The molecule has 0 spiro atoms. The summed E-state index contributed by atoms with van der Waals surface area (Å²) in [6.07, 6.45) is 3.70. The molecule has 2 aromatic carbocycles. The number of rotatable bonds is 4. The van der Waals surface area contributed by atoms with Crippen molar-refractivity contribution in [1.29, 1.82) is 0 Å². The van der Waals surface area contributed by atoms with E-state index in [0.717, 1.165) is 12.1 Å². The standard InChI is InChI=1S/C16H11F2N3O.C5H9N3O.C2H6/c17-9-3-1-8(2-4-9)12-7-14-15-11(16(22)21-20-14)5-10(18)6-13(15)19-12;1-9-3-2-8-5-6-4-7-8;1-2/h1-6,12,19H,7H2,(H,21,22);4-5H,2-3H2,1H3;1-2H3. The van der Waals surface area contributed by atoms with E-state index in [1.165, 1.54) is 30.6 Å². The molecule has 1 atom stereocenters. The van der Waals surface area contributed by atoms with Gasteiger partial charge in [-0.05, 0) is 29.8 Å². The van der Waals surface area contributed by atoms with Gasteiger partial charge in [0.15, 0.2) is 0 Å². The molecule has 0 saturated carbocycles. The molecule has 3 heterocycles. The Labute approximate surface area is 189 Å². The Bertz CT molecular complexity index is 1230. The maximum Gasteiger partial charge on any atom is 0.272 e. The number of anilines is 1. The van der Waals surface area contributed by atoms with Crippen LogP contribution < -0.4 is 10.9 Å². The third-order valence-electron chi connectivity index (χ3n) is 4.92. The van der Waals surface area contributed by atoms with Crippen LogP contribution in [0.25, 0.3) is 10.8 Å². The second-order valence-electron chi connectivity index (χ2n) is 6.98. The fourth-order valence-electron chi connectivity index (χ4n) is 3.45. The summed E-state index contributed by atoms with van der Waals surface area (Å²) in [6, 6.07) is 8.53. The summed E-state index contributed by atoms with van der Waals surface area (Å²) in [5, 5.41) is 14.5. The summed E-state index contributed by atoms with van der Waals surface area (Å²) in [7, 11) is 1.66. The molecule has 0 bridgehead atoms. The summed E-state index contributed by atoms with van der Waals surface area (Å²) >= 11 is 0. The van der Waals surface area contributed by atoms with Crippen molar-refractivity contribution >= 4 is 16.5 Å². The van der Waals surface area contributed by atoms with Crippen molar-refractivity contribution in [3.63, 3.8) is 0 Å². The van der Waals surface area contributed by atoms with Crippen molar-refractivity contribution in [2.45, 2.75) is 32.9 Å². The van der Waals surface area contributed by atoms with Crippen LogP contribution in [0.5, 0.6) is 0 Å². The van der Waals surface area contributed by atoms with Gasteiger partial charge in [0.2, 0.25) is 0 Å². The highest BCUT2D eigenvalue weighted by Gasteiger charge is 2.24. The zero-order valence-corrected chi connectivity index (χ0v) is 18.7. The molecule has 8 nitrogen and oxygen atoms in total. The number of ether oxygens (including phenoxy) is 1. The number of aromatic amines is 1. The topological polar surface area (TPSA) is 97.7 Å². The van der Waals surface area contributed by atoms with Crippen LogP contribution >= 0.6 is 0 Å². The van der Waals surface area contributed by atoms with Crippen LogP contribution in [-0.2, 0) is 17.7 Å². The van der Waals surface area contributed by atoms with E-state index in [0.29, 0.717) is 29.8 Å². The molecule has 33 heavy (non-hydrogen) atoms. The minimum Gasteiger partial charge on any atom is -0.383 e. The molecular formula is C23H26F2N6O2. The first kappa shape index (κ1) is 24.0. The zero-order valence-electron chi connectivity index (χ0n) is 18.7. The van der Waals surface area contributed by atoms with Crippen LogP contribution in [0.3, 0.4) is 0 Å². The lowest BCUT2D eigenvalue weighted by molar-refractivity contribution is 0.183. The fourth-order valence-corrected chi connectivity index (χ4v) is 3.45. The Morgan fingerprint density at radius 1 is 1.15 bits per heavy atom. The smallest absolute Gasteiger partial charge is 0.272 e. The van der Waals surface area contributed by atoms with E-state index in [2.05, 4.69) is 25.6 Å². The molecule has 1 aliphatic heterocycles. The Morgan fingerprint density at radius 2 is 1.91 bits per heavy atom. The van der Waals surface area contributed by atoms with E-state index >= 15 is 0 Å². The van der Waals surface area contributed by atoms with Crippen LogP contribution in [0, 0.1) is 11.6 Å². The molecule has 0 radical (unpaired) electrons. The number of nitrogens with one attached hydrogen (secondary N) is 2. The van der Waals surface area contributed by atoms with Crippen molar-refractivity contribution < 1.29 is 13.5 Å². The average Bonchev–Trinajstić information content (AvgIpc) is 3.35. The highest BCUT2D eigenvalue weighted by atomic mass is 19.1. The molecule has 1 aliphatic rings. The second-order valence-corrected chi connectivity index (χ2v) is 6.98. The van der Waals surface area contributed by atoms with Gasteiger partial charge in [-0.2, -0.15) is 10.2 Å². The van der Waals surface area contributed by atoms with Gasteiger partial charge in [-0.3, -0.25) is 9.48 Å². The first-order chi connectivity index (χ1) is 16.0. The quantitative estimate of drug-likeness (QED) is 0.484. The van der Waals surface area contributed by atoms with E-state index in [9.17, 15) is 13.6 Å². The Balaban J connectivity index is 0.000000234. The number of hydrogen-bond acceptors (Lipinski definition) is 6. The van der Waals surface area contributed by atoms with Gasteiger partial charge in [0.05, 0.1) is 30.3 Å². The summed E-state index contributed by atoms with van der Waals surface area (Å²) in [4.78, 5) is 15.6. The molecule has 0 aliphatic carbocycles. The third-order valence-corrected chi connectivity index (χ3v) is 4.92. The maximum absolute atomic E-state index is 13.7. The molecular weight excluding hydrogens is 430 g/mol. The normalized spacial score (nSPS) is 13.9. The van der Waals surface area contributed by atoms with E-state index in [4.69, 9.17) is 4.74 Å². The summed E-state index contributed by atoms with van der Waals surface area (Å²) in [6.45, 7) is 5.46. The van der Waals surface area contributed by atoms with E-state index in [1.54, 1.807) is 30.3 Å². The number of benzene rings is 2. The Hall–Kier alpha value is -3.66. The van der Waals surface area contributed by atoms with Crippen LogP contribution in [0.15, 0.2) is 53.8 Å². The minimum absolute atomic E-state index is 0.156. The monoisotopic (exact) mass is 456 g/mol. The van der Waals surface area contributed by atoms with Gasteiger partial charge in [-0.1, -0.05) is 26.0 Å². The Kier molecular flexibility index (Phi) is 8.20. The number of halogens is 2. The van der Waals surface area contributed by atoms with E-state index < -0.39 is 11.4 Å². The zero-order chi connectivity index (χ0) is 23.8. The van der Waals surface area contributed by atoms with Crippen LogP contribution in [0.1, 0.15) is 31.1 Å². The highest BCUT2D eigenvalue weighted by Crippen LogP contribution is 2.35. The van der Waals surface area contributed by atoms with Crippen LogP contribution in [0.2, 0.25) is 0 Å². The molecule has 0 fully saturated rings. The van der Waals surface area contributed by atoms with Crippen molar-refractivity contribution in [2.75, 3.05) is 19.0 Å². The minimum atomic E-state index is -0.489. The molecule has 2 N–H and O–H groups in total. The average molecular weight is 456 g/mol. The van der Waals surface area contributed by atoms with Gasteiger partial charge < -0.3 is 10.1 Å². The number of nitrogens with zero attached hydrogens (tertiary/aromatic N) is 4. The number of methoxy groups -OCH3 is 1. The molecule has 174 valence electrons. The van der Waals surface area contributed by atoms with Gasteiger partial charge in [0, 0.05) is 24.6 Å². The fraction of sp³-hybridized carbons (Fsp3) is 0.304. The highest BCUT2D eigenvalue weighted by molar-refractivity contribution is 5.96. The first-order valence-electron chi connectivity index (χ1n) is 10.6. The van der Waals surface area contributed by atoms with Gasteiger partial charge >= 0.3 is 0 Å². The molecule has 4 aromatic rings. The van der Waals surface area contributed by atoms with Crippen molar-refractivity contribution in [2.24, 2.45) is 0 Å². The predicted molar refractivity (Wildman–Crippen MR) is 122 cm³/mol. The largest absolute Gasteiger partial charge is 0.383 e. The van der Waals surface area contributed by atoms with Crippen molar-refractivity contribution in [3.05, 3.63) is 82.3 Å². The molecule has 1 unspecified atom stereocenters.